The van der Waals surface area contributed by atoms with Crippen molar-refractivity contribution in [2.45, 2.75) is 50.4 Å². The highest BCUT2D eigenvalue weighted by Crippen LogP contribution is 2.76. The molecule has 3 heteroatoms. The van der Waals surface area contributed by atoms with E-state index in [1.807, 2.05) is 0 Å². The van der Waals surface area contributed by atoms with Crippen molar-refractivity contribution in [3.05, 3.63) is 205 Å². The molecule has 3 nitrogen and oxygen atoms in total. The van der Waals surface area contributed by atoms with Crippen molar-refractivity contribution in [1.29, 1.82) is 0 Å². The summed E-state index contributed by atoms with van der Waals surface area (Å²) in [5.74, 6) is 3.54. The van der Waals surface area contributed by atoms with Gasteiger partial charge in [-0.05, 0) is 146 Å². The highest BCUT2D eigenvalue weighted by molar-refractivity contribution is 6.10. The first-order chi connectivity index (χ1) is 30.6. The first kappa shape index (κ1) is 35.1. The van der Waals surface area contributed by atoms with Crippen molar-refractivity contribution in [3.63, 3.8) is 0 Å². The number of para-hydroxylation sites is 4. The van der Waals surface area contributed by atoms with E-state index in [0.29, 0.717) is 0 Å². The van der Waals surface area contributed by atoms with Crippen molar-refractivity contribution in [3.8, 4) is 11.4 Å². The summed E-state index contributed by atoms with van der Waals surface area (Å²) < 4.78 is 4.87. The summed E-state index contributed by atoms with van der Waals surface area (Å²) in [7, 11) is 0. The van der Waals surface area contributed by atoms with E-state index in [2.05, 4.69) is 209 Å². The van der Waals surface area contributed by atoms with E-state index in [4.69, 9.17) is 0 Å². The van der Waals surface area contributed by atoms with E-state index in [1.165, 1.54) is 104 Å². The fourth-order valence-electron chi connectivity index (χ4n) is 14.9. The minimum Gasteiger partial charge on any atom is -0.314 e. The summed E-state index contributed by atoms with van der Waals surface area (Å²) in [6.07, 6.45) is 14.6. The van der Waals surface area contributed by atoms with Crippen LogP contribution in [-0.2, 0) is 5.41 Å². The summed E-state index contributed by atoms with van der Waals surface area (Å²) in [5, 5.41) is 5.15. The third kappa shape index (κ3) is 4.51. The molecule has 300 valence electrons. The van der Waals surface area contributed by atoms with Crippen LogP contribution in [0.1, 0.15) is 56.1 Å². The van der Waals surface area contributed by atoms with Gasteiger partial charge in [-0.15, -0.1) is 0 Å². The van der Waals surface area contributed by atoms with E-state index in [9.17, 15) is 0 Å². The first-order valence-corrected chi connectivity index (χ1v) is 23.1. The predicted molar refractivity (Wildman–Crippen MR) is 257 cm³/mol. The summed E-state index contributed by atoms with van der Waals surface area (Å²) in [6.45, 7) is 2.67. The van der Waals surface area contributed by atoms with Crippen LogP contribution in [-0.4, -0.2) is 9.13 Å². The third-order valence-corrected chi connectivity index (χ3v) is 16.8. The van der Waals surface area contributed by atoms with Crippen LogP contribution < -0.4 is 4.90 Å². The molecule has 0 N–H and O–H groups in total. The lowest BCUT2D eigenvalue weighted by Crippen LogP contribution is -2.61. The van der Waals surface area contributed by atoms with Crippen LogP contribution in [0.4, 0.5) is 11.4 Å². The number of allylic oxidation sites excluding steroid dienone is 4. The minimum atomic E-state index is -0.0343. The van der Waals surface area contributed by atoms with Crippen LogP contribution in [0.15, 0.2) is 194 Å². The van der Waals surface area contributed by atoms with Crippen LogP contribution in [0.25, 0.3) is 55.0 Å². The molecule has 9 aromatic rings. The fraction of sp³-hybridized carbons (Fsp3) is 0.220. The summed E-state index contributed by atoms with van der Waals surface area (Å²) in [5.41, 5.74) is 14.4. The number of hydrogen-bond donors (Lipinski definition) is 0. The monoisotopic (exact) mass is 799 g/mol. The van der Waals surface area contributed by atoms with Gasteiger partial charge in [0, 0.05) is 66.7 Å². The average Bonchev–Trinajstić information content (AvgIpc) is 3.91. The van der Waals surface area contributed by atoms with E-state index in [1.54, 1.807) is 11.1 Å². The molecule has 6 aliphatic rings. The van der Waals surface area contributed by atoms with Crippen LogP contribution in [0.2, 0.25) is 0 Å². The van der Waals surface area contributed by atoms with Gasteiger partial charge in [-0.1, -0.05) is 116 Å². The standard InChI is InChI=1S/C59H49N3/c1-58-32-12-23-56(57(58)50-17-2-7-18-51(50)59(58)40-34-38-33-39(36-40)37-41(59)35-38)60(42-24-28-44(29-25-42)61-52-19-8-3-13-46(52)47-14-4-9-20-53(47)61)43-26-30-45(31-27-43)62-54-21-10-5-15-48(54)49-16-6-11-22-55(49)62/h2-32,38-41,57H,33-37H2,1H3. The second-order valence-electron chi connectivity index (χ2n) is 19.5. The second-order valence-corrected chi connectivity index (χ2v) is 19.5. The number of rotatable bonds is 5. The molecule has 0 saturated heterocycles. The summed E-state index contributed by atoms with van der Waals surface area (Å²) in [6, 6.07) is 63.9. The van der Waals surface area contributed by atoms with Gasteiger partial charge in [0.2, 0.25) is 0 Å². The first-order valence-electron chi connectivity index (χ1n) is 23.1. The Hall–Kier alpha value is -6.58. The number of hydrogen-bond acceptors (Lipinski definition) is 1. The highest BCUT2D eigenvalue weighted by Gasteiger charge is 2.70. The molecule has 1 spiro atoms. The van der Waals surface area contributed by atoms with Gasteiger partial charge in [0.1, 0.15) is 0 Å². The molecule has 0 amide bonds. The van der Waals surface area contributed by atoms with Crippen LogP contribution in [0.5, 0.6) is 0 Å². The Balaban J connectivity index is 0.948. The van der Waals surface area contributed by atoms with E-state index >= 15 is 0 Å². The molecule has 2 heterocycles. The van der Waals surface area contributed by atoms with Crippen molar-refractivity contribution in [2.24, 2.45) is 29.1 Å². The lowest BCUT2D eigenvalue weighted by molar-refractivity contribution is -0.103. The molecule has 2 aromatic heterocycles. The van der Waals surface area contributed by atoms with Gasteiger partial charge < -0.3 is 14.0 Å². The second kappa shape index (κ2) is 12.7. The number of fused-ring (bicyclic) bond motifs is 9. The number of anilines is 2. The van der Waals surface area contributed by atoms with Crippen molar-refractivity contribution in [1.82, 2.24) is 9.13 Å². The fourth-order valence-corrected chi connectivity index (χ4v) is 14.9. The number of benzene rings is 7. The lowest BCUT2D eigenvalue weighted by Gasteiger charge is -2.66. The Morgan fingerprint density at radius 2 is 0.887 bits per heavy atom. The molecule has 7 aromatic carbocycles. The topological polar surface area (TPSA) is 13.1 Å². The quantitative estimate of drug-likeness (QED) is 0.169. The van der Waals surface area contributed by atoms with Crippen LogP contribution in [0.3, 0.4) is 0 Å². The maximum Gasteiger partial charge on any atom is 0.0541 e. The maximum absolute atomic E-state index is 2.67. The SMILES string of the molecule is CC12C=CC=C(N(c3ccc(-n4c5ccccc5c5ccccc54)cc3)c3ccc(-n4c5ccccc5c5ccccc54)cc3)C1c1ccccc1C21C2CC3CC(C2)CC1C3. The molecule has 4 bridgehead atoms. The lowest BCUT2D eigenvalue weighted by atomic mass is 9.38. The molecular formula is C59H49N3. The Morgan fingerprint density at radius 1 is 0.468 bits per heavy atom. The van der Waals surface area contributed by atoms with Crippen molar-refractivity contribution in [2.75, 3.05) is 4.90 Å². The van der Waals surface area contributed by atoms with Gasteiger partial charge in [0.05, 0.1) is 22.1 Å². The third-order valence-electron chi connectivity index (χ3n) is 16.8. The van der Waals surface area contributed by atoms with Gasteiger partial charge >= 0.3 is 0 Å². The largest absolute Gasteiger partial charge is 0.314 e. The summed E-state index contributed by atoms with van der Waals surface area (Å²) in [4.78, 5) is 2.61. The molecule has 62 heavy (non-hydrogen) atoms. The molecule has 0 aliphatic heterocycles. The molecule has 2 atom stereocenters. The molecule has 4 saturated carbocycles. The Bertz CT molecular complexity index is 3050. The van der Waals surface area contributed by atoms with E-state index < -0.39 is 0 Å². The average molecular weight is 800 g/mol. The normalized spacial score (nSPS) is 26.8. The minimum absolute atomic E-state index is 0.0343. The Kier molecular flexibility index (Phi) is 7.20. The van der Waals surface area contributed by atoms with Gasteiger partial charge in [0.25, 0.3) is 0 Å². The van der Waals surface area contributed by atoms with Crippen LogP contribution >= 0.6 is 0 Å². The molecule has 0 radical (unpaired) electrons. The molecule has 4 fully saturated rings. The predicted octanol–water partition coefficient (Wildman–Crippen LogP) is 15.0. The van der Waals surface area contributed by atoms with Gasteiger partial charge in [0.15, 0.2) is 0 Å². The van der Waals surface area contributed by atoms with Crippen molar-refractivity contribution < 1.29 is 0 Å². The molecule has 15 rings (SSSR count). The Morgan fingerprint density at radius 3 is 1.35 bits per heavy atom. The van der Waals surface area contributed by atoms with E-state index in [0.717, 1.165) is 23.7 Å². The van der Waals surface area contributed by atoms with Gasteiger partial charge in [-0.3, -0.25) is 0 Å². The smallest absolute Gasteiger partial charge is 0.0541 e. The molecule has 6 aliphatic carbocycles. The van der Waals surface area contributed by atoms with Gasteiger partial charge in [-0.25, -0.2) is 0 Å². The number of aromatic nitrogens is 2. The van der Waals surface area contributed by atoms with Gasteiger partial charge in [-0.2, -0.15) is 0 Å². The van der Waals surface area contributed by atoms with Crippen LogP contribution in [0, 0.1) is 29.1 Å². The zero-order valence-electron chi connectivity index (χ0n) is 35.2. The zero-order valence-corrected chi connectivity index (χ0v) is 35.2. The zero-order chi connectivity index (χ0) is 40.7. The van der Waals surface area contributed by atoms with Crippen molar-refractivity contribution >= 4 is 55.0 Å². The highest BCUT2D eigenvalue weighted by atomic mass is 15.2. The summed E-state index contributed by atoms with van der Waals surface area (Å²) >= 11 is 0. The Labute approximate surface area is 363 Å². The maximum atomic E-state index is 2.67. The number of nitrogens with zero attached hydrogens (tertiary/aromatic N) is 3. The molecular weight excluding hydrogens is 751 g/mol. The molecule has 2 unspecified atom stereocenters. The van der Waals surface area contributed by atoms with E-state index in [-0.39, 0.29) is 16.7 Å².